The maximum atomic E-state index is 5.80. The Morgan fingerprint density at radius 1 is 1.10 bits per heavy atom. The molecule has 2 aromatic heterocycles. The Bertz CT molecular complexity index is 777. The van der Waals surface area contributed by atoms with Crippen LogP contribution in [0.1, 0.15) is 5.82 Å². The minimum Gasteiger partial charge on any atom is -0.399 e. The van der Waals surface area contributed by atoms with E-state index in [1.165, 1.54) is 0 Å². The minimum atomic E-state index is 0.770. The van der Waals surface area contributed by atoms with Crippen LogP contribution in [0.3, 0.4) is 0 Å². The molecule has 0 fully saturated rings. The highest BCUT2D eigenvalue weighted by Crippen LogP contribution is 2.22. The number of aromatic nitrogens is 3. The van der Waals surface area contributed by atoms with E-state index in [4.69, 9.17) is 10.7 Å². The summed E-state index contributed by atoms with van der Waals surface area (Å²) in [5.74, 6) is 2.09. The van der Waals surface area contributed by atoms with E-state index in [-0.39, 0.29) is 0 Å². The average molecular weight is 265 g/mol. The Kier molecular flexibility index (Phi) is 2.39. The highest BCUT2D eigenvalue weighted by molar-refractivity contribution is 5.83. The molecule has 20 heavy (non-hydrogen) atoms. The molecule has 0 aliphatic carbocycles. The van der Waals surface area contributed by atoms with Crippen molar-refractivity contribution in [3.63, 3.8) is 0 Å². The molecule has 0 unspecified atom stereocenters. The van der Waals surface area contributed by atoms with E-state index in [0.29, 0.717) is 0 Å². The Morgan fingerprint density at radius 3 is 3.00 bits per heavy atom. The fourth-order valence-corrected chi connectivity index (χ4v) is 2.68. The predicted molar refractivity (Wildman–Crippen MR) is 79.4 cm³/mol. The van der Waals surface area contributed by atoms with Crippen LogP contribution in [0, 0.1) is 0 Å². The van der Waals surface area contributed by atoms with Gasteiger partial charge in [-0.05, 0) is 30.3 Å². The molecule has 0 amide bonds. The van der Waals surface area contributed by atoms with Gasteiger partial charge in [-0.15, -0.1) is 0 Å². The minimum absolute atomic E-state index is 0.770. The molecular weight excluding hydrogens is 250 g/mol. The molecule has 0 atom stereocenters. The van der Waals surface area contributed by atoms with Crippen LogP contribution in [-0.2, 0) is 13.1 Å². The molecular formula is C15H15N5. The summed E-state index contributed by atoms with van der Waals surface area (Å²) < 4.78 is 2.19. The zero-order valence-electron chi connectivity index (χ0n) is 11.0. The second-order valence-electron chi connectivity index (χ2n) is 5.08. The summed E-state index contributed by atoms with van der Waals surface area (Å²) in [5, 5.41) is 1.08. The molecule has 0 saturated carbocycles. The maximum Gasteiger partial charge on any atom is 0.129 e. The van der Waals surface area contributed by atoms with Crippen LogP contribution in [-0.4, -0.2) is 21.1 Å². The third kappa shape index (κ3) is 1.79. The molecule has 1 aromatic carbocycles. The van der Waals surface area contributed by atoms with Crippen molar-refractivity contribution in [1.29, 1.82) is 0 Å². The summed E-state index contributed by atoms with van der Waals surface area (Å²) in [5.41, 5.74) is 7.54. The first kappa shape index (κ1) is 11.3. The van der Waals surface area contributed by atoms with E-state index in [0.717, 1.165) is 47.9 Å². The molecule has 1 aliphatic heterocycles. The number of rotatable bonds is 1. The molecule has 0 spiro atoms. The monoisotopic (exact) mass is 265 g/mol. The molecule has 3 aromatic rings. The van der Waals surface area contributed by atoms with E-state index in [1.807, 2.05) is 30.6 Å². The summed E-state index contributed by atoms with van der Waals surface area (Å²) in [7, 11) is 0. The van der Waals surface area contributed by atoms with Crippen molar-refractivity contribution >= 4 is 22.4 Å². The van der Waals surface area contributed by atoms with Gasteiger partial charge >= 0.3 is 0 Å². The lowest BCUT2D eigenvalue weighted by molar-refractivity contribution is 0.556. The zero-order chi connectivity index (χ0) is 13.5. The van der Waals surface area contributed by atoms with E-state index in [2.05, 4.69) is 26.6 Å². The molecule has 4 rings (SSSR count). The number of anilines is 2. The summed E-state index contributed by atoms with van der Waals surface area (Å²) in [6.07, 6.45) is 3.89. The molecule has 3 heterocycles. The molecule has 5 heteroatoms. The Morgan fingerprint density at radius 2 is 2.05 bits per heavy atom. The Hall–Kier alpha value is -2.56. The molecule has 0 radical (unpaired) electrons. The summed E-state index contributed by atoms with van der Waals surface area (Å²) in [4.78, 5) is 11.4. The number of nitrogens with zero attached hydrogens (tertiary/aromatic N) is 4. The van der Waals surface area contributed by atoms with Crippen molar-refractivity contribution in [2.75, 3.05) is 17.2 Å². The maximum absolute atomic E-state index is 5.80. The van der Waals surface area contributed by atoms with Gasteiger partial charge in [-0.2, -0.15) is 0 Å². The van der Waals surface area contributed by atoms with Gasteiger partial charge in [-0.25, -0.2) is 9.97 Å². The third-order valence-corrected chi connectivity index (χ3v) is 3.77. The number of fused-ring (bicyclic) bond motifs is 2. The first-order chi connectivity index (χ1) is 9.79. The van der Waals surface area contributed by atoms with Crippen molar-refractivity contribution in [2.24, 2.45) is 0 Å². The zero-order valence-corrected chi connectivity index (χ0v) is 11.0. The van der Waals surface area contributed by atoms with E-state index in [1.54, 1.807) is 0 Å². The van der Waals surface area contributed by atoms with Crippen LogP contribution in [0.2, 0.25) is 0 Å². The van der Waals surface area contributed by atoms with E-state index in [9.17, 15) is 0 Å². The molecule has 0 saturated heterocycles. The lowest BCUT2D eigenvalue weighted by Crippen LogP contribution is -2.34. The quantitative estimate of drug-likeness (QED) is 0.684. The highest BCUT2D eigenvalue weighted by atomic mass is 15.3. The largest absolute Gasteiger partial charge is 0.399 e. The van der Waals surface area contributed by atoms with Crippen LogP contribution in [0.4, 0.5) is 11.5 Å². The fraction of sp³-hybridized carbons (Fsp3) is 0.200. The van der Waals surface area contributed by atoms with Crippen molar-refractivity contribution < 1.29 is 0 Å². The number of hydrogen-bond acceptors (Lipinski definition) is 4. The van der Waals surface area contributed by atoms with E-state index >= 15 is 0 Å². The number of benzene rings is 1. The van der Waals surface area contributed by atoms with Crippen LogP contribution in [0.15, 0.2) is 42.7 Å². The lowest BCUT2D eigenvalue weighted by Gasteiger charge is -2.28. The van der Waals surface area contributed by atoms with Gasteiger partial charge in [0, 0.05) is 36.6 Å². The van der Waals surface area contributed by atoms with Crippen molar-refractivity contribution in [1.82, 2.24) is 14.5 Å². The van der Waals surface area contributed by atoms with Crippen molar-refractivity contribution in [3.05, 3.63) is 48.5 Å². The van der Waals surface area contributed by atoms with Gasteiger partial charge in [0.2, 0.25) is 0 Å². The average Bonchev–Trinajstić information content (AvgIpc) is 2.94. The number of hydrogen-bond donors (Lipinski definition) is 1. The van der Waals surface area contributed by atoms with Crippen LogP contribution < -0.4 is 10.6 Å². The van der Waals surface area contributed by atoms with Crippen LogP contribution in [0.5, 0.6) is 0 Å². The molecule has 2 N–H and O–H groups in total. The van der Waals surface area contributed by atoms with Gasteiger partial charge in [0.15, 0.2) is 0 Å². The summed E-state index contributed by atoms with van der Waals surface area (Å²) >= 11 is 0. The standard InChI is InChI=1S/C15H15N5/c16-12-2-3-13-11(9-12)1-4-14(18-13)20-8-7-19-6-5-17-15(19)10-20/h1-6,9H,7-8,10,16H2. The first-order valence-corrected chi connectivity index (χ1v) is 6.71. The third-order valence-electron chi connectivity index (χ3n) is 3.77. The second kappa shape index (κ2) is 4.23. The van der Waals surface area contributed by atoms with Crippen LogP contribution in [0.25, 0.3) is 10.9 Å². The molecule has 1 aliphatic rings. The number of nitrogens with two attached hydrogens (primary N) is 1. The summed E-state index contributed by atoms with van der Waals surface area (Å²) in [6, 6.07) is 9.95. The van der Waals surface area contributed by atoms with E-state index < -0.39 is 0 Å². The number of imidazole rings is 1. The topological polar surface area (TPSA) is 60.0 Å². The van der Waals surface area contributed by atoms with Gasteiger partial charge in [-0.3, -0.25) is 0 Å². The smallest absolute Gasteiger partial charge is 0.129 e. The summed E-state index contributed by atoms with van der Waals surface area (Å²) in [6.45, 7) is 2.72. The fourth-order valence-electron chi connectivity index (χ4n) is 2.68. The Labute approximate surface area is 116 Å². The number of pyridine rings is 1. The van der Waals surface area contributed by atoms with Gasteiger partial charge in [0.25, 0.3) is 0 Å². The van der Waals surface area contributed by atoms with Gasteiger partial charge in [0.05, 0.1) is 12.1 Å². The van der Waals surface area contributed by atoms with Crippen molar-refractivity contribution in [2.45, 2.75) is 13.1 Å². The first-order valence-electron chi connectivity index (χ1n) is 6.71. The second-order valence-corrected chi connectivity index (χ2v) is 5.08. The Balaban J connectivity index is 1.71. The van der Waals surface area contributed by atoms with Crippen LogP contribution >= 0.6 is 0 Å². The van der Waals surface area contributed by atoms with Gasteiger partial charge < -0.3 is 15.2 Å². The molecule has 0 bridgehead atoms. The molecule has 5 nitrogen and oxygen atoms in total. The normalized spacial score (nSPS) is 14.5. The SMILES string of the molecule is Nc1ccc2nc(N3CCn4ccnc4C3)ccc2c1. The molecule has 100 valence electrons. The lowest BCUT2D eigenvalue weighted by atomic mass is 10.2. The highest BCUT2D eigenvalue weighted by Gasteiger charge is 2.17. The predicted octanol–water partition coefficient (Wildman–Crippen LogP) is 2.03. The van der Waals surface area contributed by atoms with Crippen molar-refractivity contribution in [3.8, 4) is 0 Å². The van der Waals surface area contributed by atoms with Gasteiger partial charge in [-0.1, -0.05) is 0 Å². The number of nitrogen functional groups attached to an aromatic ring is 1. The van der Waals surface area contributed by atoms with Gasteiger partial charge in [0.1, 0.15) is 11.6 Å².